The van der Waals surface area contributed by atoms with E-state index in [4.69, 9.17) is 11.0 Å². The molecule has 4 nitrogen and oxygen atoms in total. The van der Waals surface area contributed by atoms with Crippen molar-refractivity contribution < 1.29 is 9.53 Å². The Morgan fingerprint density at radius 1 is 1.65 bits per heavy atom. The number of carbonyl (C=O) groups is 1. The average Bonchev–Trinajstić information content (AvgIpc) is 2.36. The van der Waals surface area contributed by atoms with E-state index in [1.807, 2.05) is 13.0 Å². The molecule has 0 saturated heterocycles. The van der Waals surface area contributed by atoms with Crippen LogP contribution in [-0.2, 0) is 4.74 Å². The lowest BCUT2D eigenvalue weighted by Crippen LogP contribution is -2.06. The molecule has 0 aromatic heterocycles. The lowest BCUT2D eigenvalue weighted by Gasteiger charge is -2.09. The Hall–Kier alpha value is -1.67. The number of nitriles is 1. The quantitative estimate of drug-likeness (QED) is 0.504. The first-order valence-electron chi connectivity index (χ1n) is 5.09. The zero-order valence-corrected chi connectivity index (χ0v) is 10.6. The van der Waals surface area contributed by atoms with Gasteiger partial charge in [-0.05, 0) is 19.1 Å². The minimum atomic E-state index is -0.446. The molecule has 0 amide bonds. The molecule has 1 unspecified atom stereocenters. The summed E-state index contributed by atoms with van der Waals surface area (Å²) >= 11 is 1.47. The normalized spacial score (nSPS) is 11.6. The number of esters is 1. The van der Waals surface area contributed by atoms with Crippen molar-refractivity contribution in [2.24, 2.45) is 5.92 Å². The third kappa shape index (κ3) is 3.40. The second kappa shape index (κ2) is 6.16. The topological polar surface area (TPSA) is 76.1 Å². The summed E-state index contributed by atoms with van der Waals surface area (Å²) in [6.45, 7) is 1.84. The van der Waals surface area contributed by atoms with Crippen LogP contribution in [0.4, 0.5) is 5.69 Å². The molecule has 0 radical (unpaired) electrons. The number of methoxy groups -OCH3 is 1. The van der Waals surface area contributed by atoms with Gasteiger partial charge in [0.15, 0.2) is 0 Å². The van der Waals surface area contributed by atoms with Crippen LogP contribution in [0.5, 0.6) is 0 Å². The first-order chi connectivity index (χ1) is 8.10. The van der Waals surface area contributed by atoms with Crippen LogP contribution in [0.15, 0.2) is 23.1 Å². The van der Waals surface area contributed by atoms with E-state index in [0.29, 0.717) is 17.0 Å². The molecular weight excluding hydrogens is 236 g/mol. The number of rotatable bonds is 4. The number of thioether (sulfide) groups is 1. The summed E-state index contributed by atoms with van der Waals surface area (Å²) in [5, 5.41) is 8.69. The van der Waals surface area contributed by atoms with Crippen molar-refractivity contribution in [1.82, 2.24) is 0 Å². The fraction of sp³-hybridized carbons (Fsp3) is 0.333. The van der Waals surface area contributed by atoms with Gasteiger partial charge in [0.1, 0.15) is 0 Å². The number of hydrogen-bond acceptors (Lipinski definition) is 5. The molecule has 0 aliphatic rings. The molecule has 2 N–H and O–H groups in total. The van der Waals surface area contributed by atoms with E-state index in [-0.39, 0.29) is 5.92 Å². The summed E-state index contributed by atoms with van der Waals surface area (Å²) in [6.07, 6.45) is 0. The summed E-state index contributed by atoms with van der Waals surface area (Å²) in [7, 11) is 1.32. The van der Waals surface area contributed by atoms with Crippen LogP contribution in [-0.4, -0.2) is 18.8 Å². The summed E-state index contributed by atoms with van der Waals surface area (Å²) in [6, 6.07) is 7.36. The fourth-order valence-corrected chi connectivity index (χ4v) is 2.15. The number of ether oxygens (including phenoxy) is 1. The minimum absolute atomic E-state index is 0.0545. The maximum atomic E-state index is 11.4. The van der Waals surface area contributed by atoms with Gasteiger partial charge in [-0.15, -0.1) is 11.8 Å². The van der Waals surface area contributed by atoms with Crippen molar-refractivity contribution in [2.75, 3.05) is 18.6 Å². The molecule has 1 atom stereocenters. The van der Waals surface area contributed by atoms with Crippen LogP contribution >= 0.6 is 11.8 Å². The Bertz CT molecular complexity index is 454. The van der Waals surface area contributed by atoms with Crippen LogP contribution in [0.2, 0.25) is 0 Å². The number of hydrogen-bond donors (Lipinski definition) is 1. The minimum Gasteiger partial charge on any atom is -0.465 e. The van der Waals surface area contributed by atoms with Crippen LogP contribution in [0.1, 0.15) is 17.3 Å². The van der Waals surface area contributed by atoms with E-state index in [1.54, 1.807) is 12.1 Å². The number of nitrogens with zero attached hydrogens (tertiary/aromatic N) is 1. The van der Waals surface area contributed by atoms with Crippen molar-refractivity contribution in [1.29, 1.82) is 5.26 Å². The molecule has 0 fully saturated rings. The number of nitrogens with two attached hydrogens (primary N) is 1. The molecule has 0 aliphatic carbocycles. The third-order valence-electron chi connectivity index (χ3n) is 2.18. The van der Waals surface area contributed by atoms with Gasteiger partial charge in [0, 0.05) is 10.6 Å². The van der Waals surface area contributed by atoms with Gasteiger partial charge in [0.25, 0.3) is 0 Å². The first-order valence-corrected chi connectivity index (χ1v) is 6.08. The molecule has 90 valence electrons. The van der Waals surface area contributed by atoms with Gasteiger partial charge in [0.05, 0.1) is 30.3 Å². The van der Waals surface area contributed by atoms with Gasteiger partial charge < -0.3 is 10.5 Å². The van der Waals surface area contributed by atoms with Gasteiger partial charge >= 0.3 is 5.97 Å². The Balaban J connectivity index is 2.88. The number of para-hydroxylation sites is 1. The molecule has 5 heteroatoms. The highest BCUT2D eigenvalue weighted by Crippen LogP contribution is 2.29. The first kappa shape index (κ1) is 13.4. The van der Waals surface area contributed by atoms with E-state index in [9.17, 15) is 4.79 Å². The summed E-state index contributed by atoms with van der Waals surface area (Å²) in [5.41, 5.74) is 6.66. The number of benzene rings is 1. The number of anilines is 1. The second-order valence-electron chi connectivity index (χ2n) is 3.55. The highest BCUT2D eigenvalue weighted by atomic mass is 32.2. The van der Waals surface area contributed by atoms with Gasteiger partial charge in [-0.1, -0.05) is 6.07 Å². The highest BCUT2D eigenvalue weighted by molar-refractivity contribution is 7.99. The molecule has 0 heterocycles. The zero-order valence-electron chi connectivity index (χ0n) is 9.77. The molecule has 1 rings (SSSR count). The van der Waals surface area contributed by atoms with E-state index in [1.165, 1.54) is 18.9 Å². The summed E-state index contributed by atoms with van der Waals surface area (Å²) < 4.78 is 4.64. The van der Waals surface area contributed by atoms with E-state index in [2.05, 4.69) is 10.8 Å². The molecule has 1 aromatic rings. The zero-order chi connectivity index (χ0) is 12.8. The van der Waals surface area contributed by atoms with Crippen molar-refractivity contribution in [2.45, 2.75) is 11.8 Å². The van der Waals surface area contributed by atoms with Gasteiger partial charge in [-0.25, -0.2) is 4.79 Å². The van der Waals surface area contributed by atoms with Crippen LogP contribution < -0.4 is 5.73 Å². The third-order valence-corrected chi connectivity index (χ3v) is 3.51. The van der Waals surface area contributed by atoms with E-state index >= 15 is 0 Å². The Kier molecular flexibility index (Phi) is 4.85. The summed E-state index contributed by atoms with van der Waals surface area (Å²) in [4.78, 5) is 12.2. The van der Waals surface area contributed by atoms with Crippen molar-refractivity contribution in [3.63, 3.8) is 0 Å². The molecule has 0 spiro atoms. The maximum Gasteiger partial charge on any atom is 0.339 e. The Labute approximate surface area is 105 Å². The van der Waals surface area contributed by atoms with Crippen LogP contribution in [0.25, 0.3) is 0 Å². The number of carbonyl (C=O) groups excluding carboxylic acids is 1. The maximum absolute atomic E-state index is 11.4. The molecule has 1 aromatic carbocycles. The molecule has 17 heavy (non-hydrogen) atoms. The lowest BCUT2D eigenvalue weighted by molar-refractivity contribution is 0.0601. The van der Waals surface area contributed by atoms with E-state index in [0.717, 1.165) is 4.90 Å². The Morgan fingerprint density at radius 3 is 2.94 bits per heavy atom. The molecular formula is C12H14N2O2S. The Morgan fingerprint density at radius 2 is 2.35 bits per heavy atom. The molecule has 0 bridgehead atoms. The molecule has 0 aliphatic heterocycles. The van der Waals surface area contributed by atoms with Gasteiger partial charge in [-0.3, -0.25) is 0 Å². The fourth-order valence-electron chi connectivity index (χ4n) is 1.21. The van der Waals surface area contributed by atoms with Gasteiger partial charge in [-0.2, -0.15) is 5.26 Å². The van der Waals surface area contributed by atoms with Gasteiger partial charge in [0.2, 0.25) is 0 Å². The van der Waals surface area contributed by atoms with Crippen molar-refractivity contribution in [3.05, 3.63) is 23.8 Å². The SMILES string of the molecule is COC(=O)c1cccc(SCC(C)C#N)c1N. The smallest absolute Gasteiger partial charge is 0.339 e. The monoisotopic (exact) mass is 250 g/mol. The van der Waals surface area contributed by atoms with Crippen LogP contribution in [0.3, 0.4) is 0 Å². The van der Waals surface area contributed by atoms with Crippen molar-refractivity contribution in [3.8, 4) is 6.07 Å². The highest BCUT2D eigenvalue weighted by Gasteiger charge is 2.13. The summed E-state index contributed by atoms with van der Waals surface area (Å²) in [5.74, 6) is 0.144. The van der Waals surface area contributed by atoms with Crippen molar-refractivity contribution >= 4 is 23.4 Å². The predicted octanol–water partition coefficient (Wildman–Crippen LogP) is 2.31. The largest absolute Gasteiger partial charge is 0.465 e. The number of nitrogen functional groups attached to an aromatic ring is 1. The van der Waals surface area contributed by atoms with E-state index < -0.39 is 5.97 Å². The standard InChI is InChI=1S/C12H14N2O2S/c1-8(6-13)7-17-10-5-3-4-9(11(10)14)12(15)16-2/h3-5,8H,7,14H2,1-2H3. The lowest BCUT2D eigenvalue weighted by atomic mass is 10.2. The predicted molar refractivity (Wildman–Crippen MR) is 67.7 cm³/mol. The van der Waals surface area contributed by atoms with Crippen LogP contribution in [0, 0.1) is 17.2 Å². The molecule has 0 saturated carbocycles. The second-order valence-corrected chi connectivity index (χ2v) is 4.61. The average molecular weight is 250 g/mol.